The summed E-state index contributed by atoms with van der Waals surface area (Å²) in [5.74, 6) is 0.201. The van der Waals surface area contributed by atoms with Crippen LogP contribution in [0.4, 0.5) is 0 Å². The molecule has 3 nitrogen and oxygen atoms in total. The summed E-state index contributed by atoms with van der Waals surface area (Å²) in [7, 11) is 2.13. The molecule has 0 spiro atoms. The number of carbonyl (C=O) groups is 1. The second kappa shape index (κ2) is 6.10. The number of nitrogens with zero attached hydrogens (tertiary/aromatic N) is 2. The molecule has 0 bridgehead atoms. The fraction of sp³-hybridized carbons (Fsp3) is 0.250. The zero-order chi connectivity index (χ0) is 16.7. The predicted octanol–water partition coefficient (Wildman–Crippen LogP) is 4.07. The summed E-state index contributed by atoms with van der Waals surface area (Å²) in [6.07, 6.45) is 1.38. The highest BCUT2D eigenvalue weighted by Crippen LogP contribution is 2.30. The van der Waals surface area contributed by atoms with Crippen LogP contribution in [0.15, 0.2) is 53.0 Å². The highest BCUT2D eigenvalue weighted by molar-refractivity contribution is 9.10. The molecule has 2 heterocycles. The van der Waals surface area contributed by atoms with E-state index in [1.165, 1.54) is 22.2 Å². The molecule has 0 unspecified atom stereocenters. The van der Waals surface area contributed by atoms with Gasteiger partial charge in [-0.3, -0.25) is 4.79 Å². The second-order valence-electron chi connectivity index (χ2n) is 6.37. The van der Waals surface area contributed by atoms with Crippen LogP contribution in [0.3, 0.4) is 0 Å². The Morgan fingerprint density at radius 2 is 2.00 bits per heavy atom. The number of aryl methyl sites for hydroxylation is 1. The first-order valence-electron chi connectivity index (χ1n) is 8.21. The smallest absolute Gasteiger partial charge is 0.227 e. The van der Waals surface area contributed by atoms with Gasteiger partial charge in [0.2, 0.25) is 5.91 Å². The number of rotatable bonds is 2. The number of para-hydroxylation sites is 1. The summed E-state index contributed by atoms with van der Waals surface area (Å²) in [6.45, 7) is 1.51. The van der Waals surface area contributed by atoms with Crippen molar-refractivity contribution in [2.45, 2.75) is 19.4 Å². The van der Waals surface area contributed by atoms with E-state index < -0.39 is 0 Å². The summed E-state index contributed by atoms with van der Waals surface area (Å²) in [5.41, 5.74) is 4.98. The highest BCUT2D eigenvalue weighted by atomic mass is 79.9. The number of halogens is 1. The monoisotopic (exact) mass is 382 g/mol. The third-order valence-electron chi connectivity index (χ3n) is 4.91. The normalized spacial score (nSPS) is 14.0. The predicted molar refractivity (Wildman–Crippen MR) is 99.9 cm³/mol. The van der Waals surface area contributed by atoms with Crippen LogP contribution < -0.4 is 0 Å². The van der Waals surface area contributed by atoms with E-state index in [9.17, 15) is 4.79 Å². The molecule has 0 N–H and O–H groups in total. The number of aromatic nitrogens is 1. The van der Waals surface area contributed by atoms with E-state index in [0.717, 1.165) is 23.0 Å². The molecule has 0 fully saturated rings. The van der Waals surface area contributed by atoms with Crippen LogP contribution in [0, 0.1) is 0 Å². The summed E-state index contributed by atoms with van der Waals surface area (Å²) in [5, 5.41) is 1.27. The first-order chi connectivity index (χ1) is 11.6. The maximum absolute atomic E-state index is 12.7. The van der Waals surface area contributed by atoms with Crippen LogP contribution in [0.1, 0.15) is 16.8 Å². The van der Waals surface area contributed by atoms with Gasteiger partial charge in [0.1, 0.15) is 0 Å². The molecule has 0 saturated heterocycles. The summed E-state index contributed by atoms with van der Waals surface area (Å²) in [4.78, 5) is 14.7. The summed E-state index contributed by atoms with van der Waals surface area (Å²) < 4.78 is 3.30. The lowest BCUT2D eigenvalue weighted by molar-refractivity contribution is -0.131. The molecular weight excluding hydrogens is 364 g/mol. The van der Waals surface area contributed by atoms with Gasteiger partial charge in [-0.15, -0.1) is 0 Å². The van der Waals surface area contributed by atoms with Crippen molar-refractivity contribution in [3.05, 3.63) is 69.8 Å². The molecule has 122 valence electrons. The van der Waals surface area contributed by atoms with E-state index in [1.54, 1.807) is 0 Å². The van der Waals surface area contributed by atoms with Crippen molar-refractivity contribution >= 4 is 32.7 Å². The zero-order valence-electron chi connectivity index (χ0n) is 13.6. The lowest BCUT2D eigenvalue weighted by Crippen LogP contribution is -2.37. The lowest BCUT2D eigenvalue weighted by Gasteiger charge is -2.28. The van der Waals surface area contributed by atoms with Crippen molar-refractivity contribution in [2.75, 3.05) is 6.54 Å². The molecule has 0 aliphatic carbocycles. The zero-order valence-corrected chi connectivity index (χ0v) is 15.2. The largest absolute Gasteiger partial charge is 0.347 e. The van der Waals surface area contributed by atoms with Gasteiger partial charge in [0.15, 0.2) is 0 Å². The van der Waals surface area contributed by atoms with Gasteiger partial charge in [-0.25, -0.2) is 0 Å². The van der Waals surface area contributed by atoms with E-state index in [2.05, 4.69) is 51.8 Å². The average molecular weight is 383 g/mol. The average Bonchev–Trinajstić information content (AvgIpc) is 2.88. The van der Waals surface area contributed by atoms with E-state index in [-0.39, 0.29) is 5.91 Å². The number of amides is 1. The van der Waals surface area contributed by atoms with E-state index >= 15 is 0 Å². The van der Waals surface area contributed by atoms with Crippen molar-refractivity contribution < 1.29 is 4.79 Å². The van der Waals surface area contributed by atoms with E-state index in [0.29, 0.717) is 13.0 Å². The van der Waals surface area contributed by atoms with Gasteiger partial charge in [0.25, 0.3) is 0 Å². The molecule has 4 rings (SSSR count). The molecular formula is C20H19BrN2O. The highest BCUT2D eigenvalue weighted by Gasteiger charge is 2.25. The summed E-state index contributed by atoms with van der Waals surface area (Å²) in [6, 6.07) is 16.5. The van der Waals surface area contributed by atoms with Gasteiger partial charge in [-0.1, -0.05) is 46.3 Å². The molecule has 2 aromatic carbocycles. The molecule has 1 amide bonds. The van der Waals surface area contributed by atoms with Gasteiger partial charge in [0.05, 0.1) is 6.42 Å². The number of hydrogen-bond donors (Lipinski definition) is 0. The first-order valence-corrected chi connectivity index (χ1v) is 9.00. The third kappa shape index (κ3) is 2.65. The van der Waals surface area contributed by atoms with Crippen LogP contribution in [0.5, 0.6) is 0 Å². The minimum Gasteiger partial charge on any atom is -0.347 e. The van der Waals surface area contributed by atoms with Crippen molar-refractivity contribution in [2.24, 2.45) is 7.05 Å². The lowest BCUT2D eigenvalue weighted by atomic mass is 10.0. The Labute approximate surface area is 150 Å². The minimum atomic E-state index is 0.201. The molecule has 1 aliphatic heterocycles. The van der Waals surface area contributed by atoms with Crippen molar-refractivity contribution in [1.29, 1.82) is 0 Å². The summed E-state index contributed by atoms with van der Waals surface area (Å²) >= 11 is 3.47. The Bertz CT molecular complexity index is 929. The standard InChI is InChI=1S/C20H19BrN2O/c1-22-18-8-3-2-7-16(18)17-13-23(10-9-19(17)22)20(24)12-14-5-4-6-15(21)11-14/h2-8,11H,9-10,12-13H2,1H3. The Morgan fingerprint density at radius 3 is 2.83 bits per heavy atom. The van der Waals surface area contributed by atoms with Gasteiger partial charge in [-0.2, -0.15) is 0 Å². The molecule has 0 saturated carbocycles. The van der Waals surface area contributed by atoms with Crippen molar-refractivity contribution in [3.63, 3.8) is 0 Å². The van der Waals surface area contributed by atoms with E-state index in [1.807, 2.05) is 29.2 Å². The molecule has 4 heteroatoms. The van der Waals surface area contributed by atoms with Crippen LogP contribution in [0.25, 0.3) is 10.9 Å². The maximum Gasteiger partial charge on any atom is 0.227 e. The van der Waals surface area contributed by atoms with Crippen LogP contribution in [0.2, 0.25) is 0 Å². The molecule has 1 aliphatic rings. The van der Waals surface area contributed by atoms with Gasteiger partial charge in [-0.05, 0) is 23.8 Å². The Morgan fingerprint density at radius 1 is 1.17 bits per heavy atom. The van der Waals surface area contributed by atoms with Gasteiger partial charge in [0, 0.05) is 53.2 Å². The third-order valence-corrected chi connectivity index (χ3v) is 5.40. The Kier molecular flexibility index (Phi) is 3.93. The number of fused-ring (bicyclic) bond motifs is 3. The SMILES string of the molecule is Cn1c2c(c3ccccc31)CN(C(=O)Cc1cccc(Br)c1)CC2. The van der Waals surface area contributed by atoms with Crippen LogP contribution >= 0.6 is 15.9 Å². The van der Waals surface area contributed by atoms with Crippen LogP contribution in [-0.4, -0.2) is 21.9 Å². The fourth-order valence-corrected chi connectivity index (χ4v) is 4.12. The Balaban J connectivity index is 1.60. The van der Waals surface area contributed by atoms with Crippen LogP contribution in [-0.2, 0) is 31.2 Å². The first kappa shape index (κ1) is 15.5. The number of carbonyl (C=O) groups excluding carboxylic acids is 1. The number of benzene rings is 2. The Hall–Kier alpha value is -2.07. The topological polar surface area (TPSA) is 25.2 Å². The quantitative estimate of drug-likeness (QED) is 0.655. The number of hydrogen-bond acceptors (Lipinski definition) is 1. The maximum atomic E-state index is 12.7. The molecule has 0 radical (unpaired) electrons. The second-order valence-corrected chi connectivity index (χ2v) is 7.29. The van der Waals surface area contributed by atoms with Crippen molar-refractivity contribution in [1.82, 2.24) is 9.47 Å². The van der Waals surface area contributed by atoms with Gasteiger partial charge >= 0.3 is 0 Å². The fourth-order valence-electron chi connectivity index (χ4n) is 3.68. The van der Waals surface area contributed by atoms with Gasteiger partial charge < -0.3 is 9.47 Å². The van der Waals surface area contributed by atoms with E-state index in [4.69, 9.17) is 0 Å². The molecule has 1 aromatic heterocycles. The molecule has 24 heavy (non-hydrogen) atoms. The molecule has 0 atom stereocenters. The van der Waals surface area contributed by atoms with Crippen molar-refractivity contribution in [3.8, 4) is 0 Å². The minimum absolute atomic E-state index is 0.201. The molecule has 3 aromatic rings.